The summed E-state index contributed by atoms with van der Waals surface area (Å²) in [6.07, 6.45) is 0. The van der Waals surface area contributed by atoms with Crippen LogP contribution >= 0.6 is 23.1 Å². The number of rotatable bonds is 5. The lowest BCUT2D eigenvalue weighted by Crippen LogP contribution is -2.09. The Hall–Kier alpha value is -2.04. The van der Waals surface area contributed by atoms with Gasteiger partial charge in [-0.1, -0.05) is 11.6 Å². The number of aromatic nitrogens is 1. The molecule has 1 unspecified atom stereocenters. The summed E-state index contributed by atoms with van der Waals surface area (Å²) in [6.45, 7) is 1.76. The van der Waals surface area contributed by atoms with Crippen LogP contribution in [0.25, 0.3) is 0 Å². The summed E-state index contributed by atoms with van der Waals surface area (Å²) in [6, 6.07) is 4.37. The van der Waals surface area contributed by atoms with Gasteiger partial charge in [0.25, 0.3) is 0 Å². The molecule has 1 aromatic carbocycles. The molecule has 0 aliphatic rings. The zero-order valence-electron chi connectivity index (χ0n) is 12.1. The molecule has 2 rings (SSSR count). The van der Waals surface area contributed by atoms with Gasteiger partial charge in [-0.2, -0.15) is 9.64 Å². The summed E-state index contributed by atoms with van der Waals surface area (Å²) in [5, 5.41) is 12.7. The van der Waals surface area contributed by atoms with E-state index in [9.17, 15) is 4.39 Å². The highest BCUT2D eigenvalue weighted by Gasteiger charge is 2.19. The van der Waals surface area contributed by atoms with Crippen molar-refractivity contribution < 1.29 is 13.9 Å². The van der Waals surface area contributed by atoms with E-state index in [2.05, 4.69) is 9.69 Å². The van der Waals surface area contributed by atoms with E-state index in [1.165, 1.54) is 20.3 Å². The van der Waals surface area contributed by atoms with Gasteiger partial charge in [0.15, 0.2) is 16.7 Å². The first-order chi connectivity index (χ1) is 10.5. The summed E-state index contributed by atoms with van der Waals surface area (Å²) >= 11 is 6.87. The molecule has 22 heavy (non-hydrogen) atoms. The second kappa shape index (κ2) is 6.81. The lowest BCUT2D eigenvalue weighted by molar-refractivity contribution is 0.351. The molecule has 1 N–H and O–H groups in total. The molecule has 1 heterocycles. The first-order valence-electron chi connectivity index (χ1n) is 6.25. The van der Waals surface area contributed by atoms with Crippen LogP contribution in [-0.4, -0.2) is 18.6 Å². The van der Waals surface area contributed by atoms with Gasteiger partial charge in [-0.05, 0) is 24.5 Å². The molecule has 0 saturated heterocycles. The Morgan fingerprint density at radius 2 is 2.00 bits per heavy atom. The largest absolute Gasteiger partial charge is 0.493 e. The number of hydrogen-bond donors (Lipinski definition) is 1. The maximum atomic E-state index is 14.2. The SMILES string of the molecule is COc1cc(F)c(C(C)Nc2snc(Cl)c2C#N)cc1OC. The van der Waals surface area contributed by atoms with E-state index >= 15 is 0 Å². The first-order valence-corrected chi connectivity index (χ1v) is 7.40. The molecule has 0 spiro atoms. The number of halogens is 2. The maximum absolute atomic E-state index is 14.2. The molecule has 1 atom stereocenters. The molecule has 0 aliphatic carbocycles. The lowest BCUT2D eigenvalue weighted by Gasteiger charge is -2.17. The molecule has 116 valence electrons. The first kappa shape index (κ1) is 16.3. The fourth-order valence-corrected chi connectivity index (χ4v) is 2.96. The van der Waals surface area contributed by atoms with Crippen molar-refractivity contribution in [1.82, 2.24) is 4.37 Å². The fraction of sp³-hybridized carbons (Fsp3) is 0.286. The minimum Gasteiger partial charge on any atom is -0.493 e. The third-order valence-electron chi connectivity index (χ3n) is 3.08. The maximum Gasteiger partial charge on any atom is 0.163 e. The van der Waals surface area contributed by atoms with E-state index in [0.29, 0.717) is 22.1 Å². The lowest BCUT2D eigenvalue weighted by atomic mass is 10.1. The molecule has 0 amide bonds. The topological polar surface area (TPSA) is 67.2 Å². The highest BCUT2D eigenvalue weighted by atomic mass is 35.5. The van der Waals surface area contributed by atoms with Crippen molar-refractivity contribution in [2.24, 2.45) is 0 Å². The van der Waals surface area contributed by atoms with Crippen LogP contribution in [0.5, 0.6) is 11.5 Å². The smallest absolute Gasteiger partial charge is 0.163 e. The highest BCUT2D eigenvalue weighted by molar-refractivity contribution is 7.10. The average molecular weight is 342 g/mol. The molecule has 0 saturated carbocycles. The van der Waals surface area contributed by atoms with E-state index in [0.717, 1.165) is 11.5 Å². The third kappa shape index (κ3) is 3.08. The third-order valence-corrected chi connectivity index (χ3v) is 4.23. The van der Waals surface area contributed by atoms with Crippen LogP contribution in [-0.2, 0) is 0 Å². The van der Waals surface area contributed by atoms with Crippen LogP contribution in [0.15, 0.2) is 12.1 Å². The van der Waals surface area contributed by atoms with Crippen molar-refractivity contribution in [3.8, 4) is 17.6 Å². The van der Waals surface area contributed by atoms with E-state index in [1.54, 1.807) is 13.0 Å². The van der Waals surface area contributed by atoms with Gasteiger partial charge in [-0.3, -0.25) is 0 Å². The van der Waals surface area contributed by atoms with E-state index in [-0.39, 0.29) is 10.7 Å². The summed E-state index contributed by atoms with van der Waals surface area (Å²) in [7, 11) is 2.92. The van der Waals surface area contributed by atoms with Gasteiger partial charge in [0.1, 0.15) is 22.5 Å². The summed E-state index contributed by atoms with van der Waals surface area (Å²) < 4.78 is 28.4. The van der Waals surface area contributed by atoms with Gasteiger partial charge in [0.2, 0.25) is 0 Å². The van der Waals surface area contributed by atoms with Gasteiger partial charge in [-0.25, -0.2) is 4.39 Å². The second-order valence-corrected chi connectivity index (χ2v) is 5.52. The van der Waals surface area contributed by atoms with Crippen LogP contribution in [0.4, 0.5) is 9.39 Å². The van der Waals surface area contributed by atoms with Gasteiger partial charge < -0.3 is 14.8 Å². The molecule has 0 radical (unpaired) electrons. The fourth-order valence-electron chi connectivity index (χ4n) is 1.94. The molecule has 0 fully saturated rings. The molecule has 5 nitrogen and oxygen atoms in total. The zero-order chi connectivity index (χ0) is 16.3. The Morgan fingerprint density at radius 1 is 1.36 bits per heavy atom. The van der Waals surface area contributed by atoms with Crippen molar-refractivity contribution in [2.45, 2.75) is 13.0 Å². The zero-order valence-corrected chi connectivity index (χ0v) is 13.7. The standard InChI is InChI=1S/C14H13ClFN3O2S/c1-7(18-14-9(6-17)13(15)19-22-14)8-4-11(20-2)12(21-3)5-10(8)16/h4-5,7,18H,1-3H3. The summed E-state index contributed by atoms with van der Waals surface area (Å²) in [5.74, 6) is 0.302. The van der Waals surface area contributed by atoms with E-state index < -0.39 is 11.9 Å². The van der Waals surface area contributed by atoms with Gasteiger partial charge >= 0.3 is 0 Å². The highest BCUT2D eigenvalue weighted by Crippen LogP contribution is 2.35. The van der Waals surface area contributed by atoms with Gasteiger partial charge in [-0.15, -0.1) is 0 Å². The number of methoxy groups -OCH3 is 2. The minimum absolute atomic E-state index is 0.134. The minimum atomic E-state index is -0.438. The van der Waals surface area contributed by atoms with Crippen LogP contribution in [0.2, 0.25) is 5.15 Å². The predicted octanol–water partition coefficient (Wildman–Crippen LogP) is 4.00. The molecule has 1 aromatic heterocycles. The van der Waals surface area contributed by atoms with Crippen LogP contribution in [0.1, 0.15) is 24.1 Å². The molecule has 2 aromatic rings. The van der Waals surface area contributed by atoms with Crippen molar-refractivity contribution >= 4 is 28.1 Å². The van der Waals surface area contributed by atoms with Crippen molar-refractivity contribution in [1.29, 1.82) is 5.26 Å². The molecule has 0 aliphatic heterocycles. The Labute approximate surface area is 136 Å². The number of hydrogen-bond acceptors (Lipinski definition) is 6. The number of ether oxygens (including phenoxy) is 2. The van der Waals surface area contributed by atoms with E-state index in [1.807, 2.05) is 6.07 Å². The van der Waals surface area contributed by atoms with Crippen molar-refractivity contribution in [3.05, 3.63) is 34.2 Å². The average Bonchev–Trinajstić information content (AvgIpc) is 2.86. The normalized spacial score (nSPS) is 11.6. The quantitative estimate of drug-likeness (QED) is 0.890. The Kier molecular flexibility index (Phi) is 5.06. The molecular weight excluding hydrogens is 329 g/mol. The van der Waals surface area contributed by atoms with Gasteiger partial charge in [0, 0.05) is 11.6 Å². The van der Waals surface area contributed by atoms with Crippen molar-refractivity contribution in [2.75, 3.05) is 19.5 Å². The van der Waals surface area contributed by atoms with Crippen LogP contribution in [0, 0.1) is 17.1 Å². The Bertz CT molecular complexity index is 730. The molecule has 8 heteroatoms. The molecule has 0 bridgehead atoms. The number of nitrogens with zero attached hydrogens (tertiary/aromatic N) is 2. The predicted molar refractivity (Wildman–Crippen MR) is 83.4 cm³/mol. The summed E-state index contributed by atoms with van der Waals surface area (Å²) in [4.78, 5) is 0. The number of nitriles is 1. The Balaban J connectivity index is 2.33. The number of anilines is 1. The van der Waals surface area contributed by atoms with Crippen molar-refractivity contribution in [3.63, 3.8) is 0 Å². The van der Waals surface area contributed by atoms with E-state index in [4.69, 9.17) is 26.3 Å². The number of nitrogens with one attached hydrogen (secondary N) is 1. The van der Waals surface area contributed by atoms with Gasteiger partial charge in [0.05, 0.1) is 20.3 Å². The van der Waals surface area contributed by atoms with Crippen LogP contribution in [0.3, 0.4) is 0 Å². The monoisotopic (exact) mass is 341 g/mol. The summed E-state index contributed by atoms with van der Waals surface area (Å²) in [5.41, 5.74) is 0.630. The Morgan fingerprint density at radius 3 is 2.59 bits per heavy atom. The second-order valence-electron chi connectivity index (χ2n) is 4.38. The number of benzene rings is 1. The van der Waals surface area contributed by atoms with Crippen LogP contribution < -0.4 is 14.8 Å². The molecular formula is C14H13ClFN3O2S.